The van der Waals surface area contributed by atoms with Gasteiger partial charge in [0.2, 0.25) is 0 Å². The van der Waals surface area contributed by atoms with Gasteiger partial charge in [-0.05, 0) is 56.8 Å². The Labute approximate surface area is 97.6 Å². The molecule has 1 aliphatic heterocycles. The van der Waals surface area contributed by atoms with Gasteiger partial charge in [-0.3, -0.25) is 0 Å². The highest BCUT2D eigenvalue weighted by atomic mass is 16.2. The van der Waals surface area contributed by atoms with Crippen LogP contribution in [0, 0.1) is 11.8 Å². The van der Waals surface area contributed by atoms with Crippen LogP contribution in [0.4, 0.5) is 4.79 Å². The van der Waals surface area contributed by atoms with Crippen LogP contribution in [0.25, 0.3) is 0 Å². The summed E-state index contributed by atoms with van der Waals surface area (Å²) in [5.74, 6) is 1.61. The van der Waals surface area contributed by atoms with E-state index in [1.807, 2.05) is 4.90 Å². The molecule has 0 spiro atoms. The number of nitrogens with zero attached hydrogens (tertiary/aromatic N) is 1. The lowest BCUT2D eigenvalue weighted by Gasteiger charge is -2.29. The first-order valence-corrected chi connectivity index (χ1v) is 6.90. The van der Waals surface area contributed by atoms with Gasteiger partial charge in [0.1, 0.15) is 0 Å². The predicted molar refractivity (Wildman–Crippen MR) is 63.2 cm³/mol. The van der Waals surface area contributed by atoms with Gasteiger partial charge < -0.3 is 10.2 Å². The van der Waals surface area contributed by atoms with E-state index >= 15 is 0 Å². The first-order chi connectivity index (χ1) is 7.84. The summed E-state index contributed by atoms with van der Waals surface area (Å²) in [6.45, 7) is 1.93. The van der Waals surface area contributed by atoms with E-state index in [1.54, 1.807) is 0 Å². The molecule has 0 unspecified atom stereocenters. The third-order valence-corrected chi connectivity index (χ3v) is 4.19. The fraction of sp³-hybridized carbons (Fsp3) is 0.923. The Kier molecular flexibility index (Phi) is 2.78. The number of piperidine rings is 1. The number of hydrogen-bond donors (Lipinski definition) is 1. The van der Waals surface area contributed by atoms with Crippen molar-refractivity contribution in [1.29, 1.82) is 0 Å². The molecule has 2 saturated carbocycles. The molecule has 0 aromatic rings. The zero-order valence-corrected chi connectivity index (χ0v) is 9.95. The van der Waals surface area contributed by atoms with Gasteiger partial charge in [0.05, 0.1) is 0 Å². The molecule has 3 fully saturated rings. The summed E-state index contributed by atoms with van der Waals surface area (Å²) in [5, 5.41) is 3.30. The molecule has 0 radical (unpaired) electrons. The van der Waals surface area contributed by atoms with Crippen molar-refractivity contribution >= 4 is 6.03 Å². The fourth-order valence-corrected chi connectivity index (χ4v) is 2.86. The zero-order valence-electron chi connectivity index (χ0n) is 9.95. The molecule has 3 heteroatoms. The highest BCUT2D eigenvalue weighted by molar-refractivity contribution is 5.74. The number of amides is 2. The maximum Gasteiger partial charge on any atom is 0.317 e. The Bertz CT molecular complexity index is 253. The Morgan fingerprint density at radius 3 is 2.06 bits per heavy atom. The molecular weight excluding hydrogens is 200 g/mol. The molecule has 3 aliphatic rings. The lowest BCUT2D eigenvalue weighted by atomic mass is 10.1. The molecule has 1 saturated heterocycles. The quantitative estimate of drug-likeness (QED) is 0.781. The normalized spacial score (nSPS) is 25.9. The number of urea groups is 1. The summed E-state index contributed by atoms with van der Waals surface area (Å²) in [7, 11) is 0. The molecule has 90 valence electrons. The van der Waals surface area contributed by atoms with E-state index in [1.165, 1.54) is 44.9 Å². The van der Waals surface area contributed by atoms with Gasteiger partial charge in [-0.2, -0.15) is 0 Å². The number of rotatable bonds is 3. The van der Waals surface area contributed by atoms with Crippen LogP contribution in [0.1, 0.15) is 44.9 Å². The standard InChI is InChI=1S/C13H22N2O/c16-13(15-8-2-1-3-9-15)14-12(10-4-5-10)11-6-7-11/h10-12H,1-9H2,(H,14,16). The number of carbonyl (C=O) groups is 1. The van der Waals surface area contributed by atoms with Gasteiger partial charge in [0, 0.05) is 19.1 Å². The molecule has 0 bridgehead atoms. The van der Waals surface area contributed by atoms with Crippen LogP contribution in [0.2, 0.25) is 0 Å². The third-order valence-electron chi connectivity index (χ3n) is 4.19. The van der Waals surface area contributed by atoms with Gasteiger partial charge in [-0.15, -0.1) is 0 Å². The van der Waals surface area contributed by atoms with Gasteiger partial charge in [-0.25, -0.2) is 4.79 Å². The van der Waals surface area contributed by atoms with Crippen molar-refractivity contribution in [3.63, 3.8) is 0 Å². The third kappa shape index (κ3) is 2.33. The molecule has 3 rings (SSSR count). The number of likely N-dealkylation sites (tertiary alicyclic amines) is 1. The van der Waals surface area contributed by atoms with E-state index in [2.05, 4.69) is 5.32 Å². The summed E-state index contributed by atoms with van der Waals surface area (Å²) in [4.78, 5) is 14.1. The first kappa shape index (κ1) is 10.4. The molecule has 0 atom stereocenters. The van der Waals surface area contributed by atoms with Gasteiger partial charge in [0.15, 0.2) is 0 Å². The second-order valence-corrected chi connectivity index (χ2v) is 5.70. The van der Waals surface area contributed by atoms with Crippen molar-refractivity contribution in [2.45, 2.75) is 51.0 Å². The number of carbonyl (C=O) groups excluding carboxylic acids is 1. The lowest BCUT2D eigenvalue weighted by molar-refractivity contribution is 0.179. The molecule has 2 amide bonds. The maximum atomic E-state index is 12.1. The van der Waals surface area contributed by atoms with Gasteiger partial charge >= 0.3 is 6.03 Å². The van der Waals surface area contributed by atoms with Crippen molar-refractivity contribution in [1.82, 2.24) is 10.2 Å². The van der Waals surface area contributed by atoms with Crippen molar-refractivity contribution in [2.75, 3.05) is 13.1 Å². The monoisotopic (exact) mass is 222 g/mol. The summed E-state index contributed by atoms with van der Waals surface area (Å²) in [5.41, 5.74) is 0. The molecule has 0 aromatic heterocycles. The summed E-state index contributed by atoms with van der Waals surface area (Å²) in [6.07, 6.45) is 9.00. The Morgan fingerprint density at radius 1 is 1.00 bits per heavy atom. The summed E-state index contributed by atoms with van der Waals surface area (Å²) < 4.78 is 0. The van der Waals surface area contributed by atoms with E-state index in [0.717, 1.165) is 24.9 Å². The molecule has 1 N–H and O–H groups in total. The maximum absolute atomic E-state index is 12.1. The van der Waals surface area contributed by atoms with E-state index in [0.29, 0.717) is 6.04 Å². The van der Waals surface area contributed by atoms with Crippen LogP contribution >= 0.6 is 0 Å². The van der Waals surface area contributed by atoms with E-state index in [4.69, 9.17) is 0 Å². The van der Waals surface area contributed by atoms with E-state index < -0.39 is 0 Å². The van der Waals surface area contributed by atoms with Crippen molar-refractivity contribution in [3.8, 4) is 0 Å². The minimum absolute atomic E-state index is 0.212. The number of hydrogen-bond acceptors (Lipinski definition) is 1. The van der Waals surface area contributed by atoms with Gasteiger partial charge in [-0.1, -0.05) is 0 Å². The minimum atomic E-state index is 0.212. The van der Waals surface area contributed by atoms with Crippen molar-refractivity contribution in [2.24, 2.45) is 11.8 Å². The zero-order chi connectivity index (χ0) is 11.0. The second-order valence-electron chi connectivity index (χ2n) is 5.70. The summed E-state index contributed by atoms with van der Waals surface area (Å²) >= 11 is 0. The van der Waals surface area contributed by atoms with Gasteiger partial charge in [0.25, 0.3) is 0 Å². The topological polar surface area (TPSA) is 32.3 Å². The SMILES string of the molecule is O=C(NC(C1CC1)C1CC1)N1CCCCC1. The molecule has 3 nitrogen and oxygen atoms in total. The second kappa shape index (κ2) is 4.27. The summed E-state index contributed by atoms with van der Waals surface area (Å²) in [6, 6.07) is 0.720. The number of nitrogens with one attached hydrogen (secondary N) is 1. The lowest BCUT2D eigenvalue weighted by Crippen LogP contribution is -2.48. The Balaban J connectivity index is 1.53. The molecule has 16 heavy (non-hydrogen) atoms. The van der Waals surface area contributed by atoms with Crippen LogP contribution in [0.15, 0.2) is 0 Å². The average Bonchev–Trinajstić information content (AvgIpc) is 3.19. The van der Waals surface area contributed by atoms with E-state index in [9.17, 15) is 4.79 Å². The largest absolute Gasteiger partial charge is 0.335 e. The Hall–Kier alpha value is -0.730. The Morgan fingerprint density at radius 2 is 1.56 bits per heavy atom. The van der Waals surface area contributed by atoms with Crippen LogP contribution < -0.4 is 5.32 Å². The molecule has 2 aliphatic carbocycles. The van der Waals surface area contributed by atoms with Crippen LogP contribution in [-0.4, -0.2) is 30.1 Å². The molecular formula is C13H22N2O. The minimum Gasteiger partial charge on any atom is -0.335 e. The fourth-order valence-electron chi connectivity index (χ4n) is 2.86. The van der Waals surface area contributed by atoms with Crippen LogP contribution in [0.5, 0.6) is 0 Å². The smallest absolute Gasteiger partial charge is 0.317 e. The highest BCUT2D eigenvalue weighted by Gasteiger charge is 2.42. The van der Waals surface area contributed by atoms with Crippen LogP contribution in [0.3, 0.4) is 0 Å². The van der Waals surface area contributed by atoms with Crippen molar-refractivity contribution < 1.29 is 4.79 Å². The van der Waals surface area contributed by atoms with E-state index in [-0.39, 0.29) is 6.03 Å². The van der Waals surface area contributed by atoms with Crippen molar-refractivity contribution in [3.05, 3.63) is 0 Å². The predicted octanol–water partition coefficient (Wildman–Crippen LogP) is 2.37. The highest BCUT2D eigenvalue weighted by Crippen LogP contribution is 2.44. The molecule has 1 heterocycles. The molecule has 0 aromatic carbocycles. The average molecular weight is 222 g/mol. The van der Waals surface area contributed by atoms with Crippen LogP contribution in [-0.2, 0) is 0 Å². The first-order valence-electron chi connectivity index (χ1n) is 6.90.